The monoisotopic (exact) mass is 523 g/mol. The molecule has 37 heavy (non-hydrogen) atoms. The number of rotatable bonds is 12. The normalized spacial score (nSPS) is 11.8. The van der Waals surface area contributed by atoms with Crippen LogP contribution in [0.4, 0.5) is 4.39 Å². The van der Waals surface area contributed by atoms with Crippen molar-refractivity contribution in [2.75, 3.05) is 33.4 Å². The van der Waals surface area contributed by atoms with Gasteiger partial charge in [-0.3, -0.25) is 4.79 Å². The highest BCUT2D eigenvalue weighted by Crippen LogP contribution is 2.20. The highest BCUT2D eigenvalue weighted by molar-refractivity contribution is 7.89. The van der Waals surface area contributed by atoms with E-state index in [1.807, 2.05) is 60.8 Å². The number of hydrogen-bond acceptors (Lipinski definition) is 4. The van der Waals surface area contributed by atoms with Crippen molar-refractivity contribution in [1.29, 1.82) is 0 Å². The second kappa shape index (κ2) is 12.1. The first-order valence-corrected chi connectivity index (χ1v) is 13.4. The predicted molar refractivity (Wildman–Crippen MR) is 141 cm³/mol. The number of sulfonamides is 1. The highest BCUT2D eigenvalue weighted by Gasteiger charge is 2.28. The van der Waals surface area contributed by atoms with Gasteiger partial charge in [0.2, 0.25) is 15.9 Å². The van der Waals surface area contributed by atoms with Gasteiger partial charge in [0.15, 0.2) is 0 Å². The fraction of sp³-hybridized carbons (Fsp3) is 0.250. The van der Waals surface area contributed by atoms with Gasteiger partial charge < -0.3 is 14.6 Å². The number of para-hydroxylation sites is 1. The number of ether oxygens (including phenoxy) is 1. The molecular formula is C28H30FN3O4S. The summed E-state index contributed by atoms with van der Waals surface area (Å²) in [5, 5.41) is 1.09. The van der Waals surface area contributed by atoms with Crippen molar-refractivity contribution in [3.63, 3.8) is 0 Å². The summed E-state index contributed by atoms with van der Waals surface area (Å²) >= 11 is 0. The number of carbonyl (C=O) groups is 1. The molecule has 0 unspecified atom stereocenters. The number of benzene rings is 3. The maximum Gasteiger partial charge on any atom is 0.243 e. The van der Waals surface area contributed by atoms with Crippen molar-refractivity contribution in [2.24, 2.45) is 0 Å². The third-order valence-corrected chi connectivity index (χ3v) is 8.06. The fourth-order valence-electron chi connectivity index (χ4n) is 4.17. The van der Waals surface area contributed by atoms with Crippen LogP contribution in [0.5, 0.6) is 0 Å². The Kier molecular flexibility index (Phi) is 8.70. The first kappa shape index (κ1) is 26.5. The minimum absolute atomic E-state index is 0.0103. The Morgan fingerprint density at radius 3 is 2.38 bits per heavy atom. The number of methoxy groups -OCH3 is 1. The first-order valence-electron chi connectivity index (χ1n) is 12.0. The smallest absolute Gasteiger partial charge is 0.243 e. The lowest BCUT2D eigenvalue weighted by atomic mass is 10.1. The van der Waals surface area contributed by atoms with Crippen LogP contribution in [-0.2, 0) is 32.5 Å². The van der Waals surface area contributed by atoms with Crippen LogP contribution in [0.15, 0.2) is 90.0 Å². The van der Waals surface area contributed by atoms with E-state index < -0.39 is 15.8 Å². The molecule has 0 aliphatic carbocycles. The van der Waals surface area contributed by atoms with Gasteiger partial charge in [0.25, 0.3) is 0 Å². The molecule has 0 radical (unpaired) electrons. The molecule has 0 saturated carbocycles. The molecule has 3 aromatic carbocycles. The summed E-state index contributed by atoms with van der Waals surface area (Å²) < 4.78 is 46.3. The molecule has 1 heterocycles. The third kappa shape index (κ3) is 6.62. The number of H-pyrrole nitrogens is 1. The second-order valence-corrected chi connectivity index (χ2v) is 10.6. The topological polar surface area (TPSA) is 82.7 Å². The molecule has 7 nitrogen and oxygen atoms in total. The van der Waals surface area contributed by atoms with E-state index in [-0.39, 0.29) is 30.5 Å². The summed E-state index contributed by atoms with van der Waals surface area (Å²) in [4.78, 5) is 18.4. The summed E-state index contributed by atoms with van der Waals surface area (Å²) in [6, 6.07) is 22.1. The van der Waals surface area contributed by atoms with Crippen molar-refractivity contribution < 1.29 is 22.3 Å². The molecule has 0 aliphatic heterocycles. The maximum absolute atomic E-state index is 13.6. The summed E-state index contributed by atoms with van der Waals surface area (Å²) in [5.74, 6) is -0.865. The molecule has 0 saturated heterocycles. The van der Waals surface area contributed by atoms with Gasteiger partial charge in [0.05, 0.1) is 18.0 Å². The molecule has 0 spiro atoms. The molecular weight excluding hydrogens is 493 g/mol. The SMILES string of the molecule is COCCN(CC(=O)N(CCc1c[nH]c2ccccc12)Cc1ccccc1)S(=O)(=O)c1ccc(F)cc1. The zero-order valence-corrected chi connectivity index (χ0v) is 21.5. The van der Waals surface area contributed by atoms with Gasteiger partial charge in [-0.1, -0.05) is 48.5 Å². The van der Waals surface area contributed by atoms with Crippen LogP contribution in [0.2, 0.25) is 0 Å². The standard InChI is InChI=1S/C28H30FN3O4S/c1-36-18-17-32(37(34,35)25-13-11-24(29)12-14-25)21-28(33)31(20-22-7-3-2-4-8-22)16-15-23-19-30-27-10-6-5-9-26(23)27/h2-14,19,30H,15-18,20-21H2,1H3. The van der Waals surface area contributed by atoms with Crippen molar-refractivity contribution >= 4 is 26.8 Å². The number of fused-ring (bicyclic) bond motifs is 1. The number of amides is 1. The van der Waals surface area contributed by atoms with E-state index in [1.54, 1.807) is 4.90 Å². The summed E-state index contributed by atoms with van der Waals surface area (Å²) in [7, 11) is -2.58. The van der Waals surface area contributed by atoms with Gasteiger partial charge >= 0.3 is 0 Å². The molecule has 9 heteroatoms. The Hall–Kier alpha value is -3.53. The minimum Gasteiger partial charge on any atom is -0.383 e. The Labute approximate surface area is 216 Å². The Bertz CT molecular complexity index is 1420. The molecule has 0 fully saturated rings. The lowest BCUT2D eigenvalue weighted by Crippen LogP contribution is -2.44. The van der Waals surface area contributed by atoms with E-state index >= 15 is 0 Å². The Morgan fingerprint density at radius 1 is 0.946 bits per heavy atom. The molecule has 4 rings (SSSR count). The number of nitrogens with one attached hydrogen (secondary N) is 1. The third-order valence-electron chi connectivity index (χ3n) is 6.20. The highest BCUT2D eigenvalue weighted by atomic mass is 32.2. The van der Waals surface area contributed by atoms with Gasteiger partial charge in [-0.15, -0.1) is 0 Å². The fourth-order valence-corrected chi connectivity index (χ4v) is 5.55. The Balaban J connectivity index is 1.57. The van der Waals surface area contributed by atoms with Crippen LogP contribution < -0.4 is 0 Å². The Morgan fingerprint density at radius 2 is 1.65 bits per heavy atom. The van der Waals surface area contributed by atoms with Gasteiger partial charge in [-0.25, -0.2) is 12.8 Å². The van der Waals surface area contributed by atoms with E-state index in [4.69, 9.17) is 4.74 Å². The predicted octanol–water partition coefficient (Wildman–Crippen LogP) is 4.22. The number of carbonyl (C=O) groups excluding carboxylic acids is 1. The molecule has 4 aromatic rings. The van der Waals surface area contributed by atoms with Crippen LogP contribution in [-0.4, -0.2) is 61.9 Å². The van der Waals surface area contributed by atoms with Crippen LogP contribution in [0.25, 0.3) is 10.9 Å². The largest absolute Gasteiger partial charge is 0.383 e. The van der Waals surface area contributed by atoms with Crippen LogP contribution >= 0.6 is 0 Å². The number of aromatic amines is 1. The zero-order chi connectivity index (χ0) is 26.3. The molecule has 0 atom stereocenters. The molecule has 1 N–H and O–H groups in total. The molecule has 0 bridgehead atoms. The van der Waals surface area contributed by atoms with Gasteiger partial charge in [-0.05, 0) is 47.9 Å². The van der Waals surface area contributed by atoms with E-state index in [0.29, 0.717) is 19.5 Å². The number of hydrogen-bond donors (Lipinski definition) is 1. The van der Waals surface area contributed by atoms with E-state index in [1.165, 1.54) is 19.2 Å². The van der Waals surface area contributed by atoms with E-state index in [9.17, 15) is 17.6 Å². The first-order chi connectivity index (χ1) is 17.9. The summed E-state index contributed by atoms with van der Waals surface area (Å²) in [6.45, 7) is 0.496. The molecule has 0 aliphatic rings. The van der Waals surface area contributed by atoms with Gasteiger partial charge in [-0.2, -0.15) is 4.31 Å². The van der Waals surface area contributed by atoms with Crippen molar-refractivity contribution in [3.05, 3.63) is 102 Å². The summed E-state index contributed by atoms with van der Waals surface area (Å²) in [5.41, 5.74) is 3.05. The van der Waals surface area contributed by atoms with Crippen LogP contribution in [0, 0.1) is 5.82 Å². The quantitative estimate of drug-likeness (QED) is 0.302. The maximum atomic E-state index is 13.6. The number of aromatic nitrogens is 1. The molecule has 1 amide bonds. The van der Waals surface area contributed by atoms with E-state index in [0.717, 1.165) is 38.5 Å². The lowest BCUT2D eigenvalue weighted by molar-refractivity contribution is -0.132. The van der Waals surface area contributed by atoms with E-state index in [2.05, 4.69) is 4.98 Å². The average Bonchev–Trinajstić information content (AvgIpc) is 3.32. The average molecular weight is 524 g/mol. The van der Waals surface area contributed by atoms with Crippen molar-refractivity contribution in [1.82, 2.24) is 14.2 Å². The van der Waals surface area contributed by atoms with Crippen LogP contribution in [0.1, 0.15) is 11.1 Å². The number of nitrogens with zero attached hydrogens (tertiary/aromatic N) is 2. The summed E-state index contributed by atoms with van der Waals surface area (Å²) in [6.07, 6.45) is 2.55. The van der Waals surface area contributed by atoms with Gasteiger partial charge in [0.1, 0.15) is 5.82 Å². The minimum atomic E-state index is -4.04. The van der Waals surface area contributed by atoms with Crippen molar-refractivity contribution in [2.45, 2.75) is 17.9 Å². The molecule has 1 aromatic heterocycles. The lowest BCUT2D eigenvalue weighted by Gasteiger charge is -2.27. The van der Waals surface area contributed by atoms with Crippen molar-refractivity contribution in [3.8, 4) is 0 Å². The van der Waals surface area contributed by atoms with Crippen LogP contribution in [0.3, 0.4) is 0 Å². The molecule has 194 valence electrons. The van der Waals surface area contributed by atoms with Gasteiger partial charge in [0, 0.05) is 43.8 Å². The number of halogens is 1. The zero-order valence-electron chi connectivity index (χ0n) is 20.6. The second-order valence-electron chi connectivity index (χ2n) is 8.70.